The average Bonchev–Trinajstić information content (AvgIpc) is 3.03. The van der Waals surface area contributed by atoms with Crippen molar-refractivity contribution < 1.29 is 19.1 Å². The summed E-state index contributed by atoms with van der Waals surface area (Å²) in [6, 6.07) is 14.9. The normalized spacial score (nSPS) is 16.8. The number of fused-ring (bicyclic) bond motifs is 2. The van der Waals surface area contributed by atoms with Gasteiger partial charge in [0.1, 0.15) is 0 Å². The second kappa shape index (κ2) is 7.75. The van der Waals surface area contributed by atoms with Crippen LogP contribution in [0.4, 0.5) is 5.69 Å². The highest BCUT2D eigenvalue weighted by Crippen LogP contribution is 2.36. The van der Waals surface area contributed by atoms with Crippen LogP contribution >= 0.6 is 11.8 Å². The van der Waals surface area contributed by atoms with Crippen LogP contribution in [0, 0.1) is 6.92 Å². The molecule has 1 aliphatic heterocycles. The maximum absolute atomic E-state index is 12.9. The number of carbonyl (C=O) groups is 3. The van der Waals surface area contributed by atoms with Gasteiger partial charge in [-0.25, -0.2) is 0 Å². The Morgan fingerprint density at radius 3 is 2.69 bits per heavy atom. The van der Waals surface area contributed by atoms with Crippen molar-refractivity contribution in [3.8, 4) is 0 Å². The van der Waals surface area contributed by atoms with Crippen LogP contribution in [0.3, 0.4) is 0 Å². The third-order valence-corrected chi connectivity index (χ3v) is 6.15. The second-order valence-corrected chi connectivity index (χ2v) is 8.21. The number of para-hydroxylation sites is 2. The number of esters is 1. The Balaban J connectivity index is 1.44. The zero-order chi connectivity index (χ0) is 20.5. The van der Waals surface area contributed by atoms with E-state index in [1.165, 1.54) is 11.8 Å². The molecule has 148 valence electrons. The van der Waals surface area contributed by atoms with Crippen molar-refractivity contribution in [3.05, 3.63) is 59.8 Å². The summed E-state index contributed by atoms with van der Waals surface area (Å²) < 4.78 is 5.38. The highest BCUT2D eigenvalue weighted by molar-refractivity contribution is 8.01. The molecule has 2 aromatic carbocycles. The molecule has 0 unspecified atom stereocenters. The Labute approximate surface area is 172 Å². The van der Waals surface area contributed by atoms with Gasteiger partial charge in [0.05, 0.1) is 17.4 Å². The van der Waals surface area contributed by atoms with Gasteiger partial charge in [0.25, 0.3) is 0 Å². The van der Waals surface area contributed by atoms with Gasteiger partial charge in [-0.1, -0.05) is 30.3 Å². The average molecular weight is 408 g/mol. The number of anilines is 1. The summed E-state index contributed by atoms with van der Waals surface area (Å²) >= 11 is 1.33. The first kappa shape index (κ1) is 19.3. The van der Waals surface area contributed by atoms with E-state index < -0.39 is 17.3 Å². The standard InChI is InChI=1S/C22H20N2O4S/c1-12-20(14-7-3-4-8-15(14)23-12)21(26)13(2)28-19(25)11-18-22(27)24-16-9-5-6-10-17(16)29-18/h3-10,13,18,23H,11H2,1-2H3,(H,24,27)/t13-,18+/m1/s1. The number of ketones is 1. The molecule has 0 bridgehead atoms. The minimum absolute atomic E-state index is 0.102. The largest absolute Gasteiger partial charge is 0.454 e. The summed E-state index contributed by atoms with van der Waals surface area (Å²) in [6.07, 6.45) is -1.04. The lowest BCUT2D eigenvalue weighted by atomic mass is 10.0. The van der Waals surface area contributed by atoms with Crippen LogP contribution in [0.25, 0.3) is 10.9 Å². The van der Waals surface area contributed by atoms with E-state index in [4.69, 9.17) is 4.74 Å². The molecule has 1 amide bonds. The summed E-state index contributed by atoms with van der Waals surface area (Å²) in [7, 11) is 0. The maximum atomic E-state index is 12.9. The molecule has 7 heteroatoms. The minimum Gasteiger partial charge on any atom is -0.454 e. The zero-order valence-corrected chi connectivity index (χ0v) is 16.8. The number of amides is 1. The monoisotopic (exact) mass is 408 g/mol. The number of carbonyl (C=O) groups excluding carboxylic acids is 3. The van der Waals surface area contributed by atoms with Crippen molar-refractivity contribution in [2.24, 2.45) is 0 Å². The molecule has 3 aromatic rings. The fraction of sp³-hybridized carbons (Fsp3) is 0.227. The van der Waals surface area contributed by atoms with Gasteiger partial charge in [-0.15, -0.1) is 11.8 Å². The van der Waals surface area contributed by atoms with Crippen molar-refractivity contribution in [3.63, 3.8) is 0 Å². The number of hydrogen-bond acceptors (Lipinski definition) is 5. The molecule has 1 aromatic heterocycles. The quantitative estimate of drug-likeness (QED) is 0.490. The molecular weight excluding hydrogens is 388 g/mol. The number of H-pyrrole nitrogens is 1. The summed E-state index contributed by atoms with van der Waals surface area (Å²) in [5.74, 6) is -1.08. The van der Waals surface area contributed by atoms with Crippen molar-refractivity contribution in [2.75, 3.05) is 5.32 Å². The molecule has 2 N–H and O–H groups in total. The number of nitrogens with one attached hydrogen (secondary N) is 2. The van der Waals surface area contributed by atoms with Gasteiger partial charge in [-0.05, 0) is 32.0 Å². The number of aromatic amines is 1. The van der Waals surface area contributed by atoms with E-state index in [0.29, 0.717) is 5.56 Å². The fourth-order valence-electron chi connectivity index (χ4n) is 3.47. The van der Waals surface area contributed by atoms with E-state index in [1.807, 2.05) is 55.5 Å². The lowest BCUT2D eigenvalue weighted by Gasteiger charge is -2.23. The van der Waals surface area contributed by atoms with Crippen molar-refractivity contribution >= 4 is 46.0 Å². The van der Waals surface area contributed by atoms with E-state index in [1.54, 1.807) is 6.92 Å². The van der Waals surface area contributed by atoms with Gasteiger partial charge in [0.2, 0.25) is 11.7 Å². The number of ether oxygens (including phenoxy) is 1. The molecule has 6 nitrogen and oxygen atoms in total. The molecule has 4 rings (SSSR count). The highest BCUT2D eigenvalue weighted by Gasteiger charge is 2.31. The molecule has 0 fully saturated rings. The topological polar surface area (TPSA) is 88.3 Å². The summed E-state index contributed by atoms with van der Waals surface area (Å²) in [4.78, 5) is 41.7. The molecule has 0 spiro atoms. The Morgan fingerprint density at radius 1 is 1.14 bits per heavy atom. The zero-order valence-electron chi connectivity index (χ0n) is 16.0. The number of Topliss-reactive ketones (excluding diaryl/α,β-unsaturated/α-hetero) is 1. The van der Waals surface area contributed by atoms with Gasteiger partial charge in [0.15, 0.2) is 6.10 Å². The Bertz CT molecular complexity index is 1120. The molecule has 2 heterocycles. The van der Waals surface area contributed by atoms with Crippen LogP contribution in [0.15, 0.2) is 53.4 Å². The molecule has 29 heavy (non-hydrogen) atoms. The van der Waals surface area contributed by atoms with E-state index in [0.717, 1.165) is 27.2 Å². The predicted molar refractivity (Wildman–Crippen MR) is 112 cm³/mol. The SMILES string of the molecule is Cc1[nH]c2ccccc2c1C(=O)[C@@H](C)OC(=O)C[C@@H]1Sc2ccccc2NC1=O. The smallest absolute Gasteiger partial charge is 0.308 e. The van der Waals surface area contributed by atoms with Crippen molar-refractivity contribution in [2.45, 2.75) is 36.5 Å². The molecular formula is C22H20N2O4S. The molecule has 2 atom stereocenters. The Morgan fingerprint density at radius 2 is 1.86 bits per heavy atom. The van der Waals surface area contributed by atoms with Crippen LogP contribution in [0.2, 0.25) is 0 Å². The van der Waals surface area contributed by atoms with E-state index in [2.05, 4.69) is 10.3 Å². The third-order valence-electron chi connectivity index (χ3n) is 4.88. The Kier molecular flexibility index (Phi) is 5.15. The first-order valence-electron chi connectivity index (χ1n) is 9.31. The molecule has 0 radical (unpaired) electrons. The predicted octanol–water partition coefficient (Wildman–Crippen LogP) is 4.09. The summed E-state index contributed by atoms with van der Waals surface area (Å²) in [5, 5.41) is 3.02. The highest BCUT2D eigenvalue weighted by atomic mass is 32.2. The first-order valence-corrected chi connectivity index (χ1v) is 10.2. The molecule has 0 aliphatic carbocycles. The lowest BCUT2D eigenvalue weighted by Crippen LogP contribution is -2.33. The summed E-state index contributed by atoms with van der Waals surface area (Å²) in [5.41, 5.74) is 2.86. The maximum Gasteiger partial charge on any atom is 0.308 e. The molecule has 0 saturated carbocycles. The van der Waals surface area contributed by atoms with E-state index in [-0.39, 0.29) is 18.1 Å². The van der Waals surface area contributed by atoms with Gasteiger partial charge in [-0.3, -0.25) is 14.4 Å². The van der Waals surface area contributed by atoms with Gasteiger partial charge >= 0.3 is 5.97 Å². The van der Waals surface area contributed by atoms with Crippen molar-refractivity contribution in [1.82, 2.24) is 4.98 Å². The van der Waals surface area contributed by atoms with Crippen LogP contribution in [-0.2, 0) is 14.3 Å². The van der Waals surface area contributed by atoms with E-state index in [9.17, 15) is 14.4 Å². The lowest BCUT2D eigenvalue weighted by molar-refractivity contribution is -0.147. The third kappa shape index (κ3) is 3.78. The number of rotatable bonds is 5. The Hall–Kier alpha value is -3.06. The second-order valence-electron chi connectivity index (χ2n) is 6.96. The van der Waals surface area contributed by atoms with Gasteiger partial charge in [-0.2, -0.15) is 0 Å². The van der Waals surface area contributed by atoms with E-state index >= 15 is 0 Å². The fourth-order valence-corrected chi connectivity index (χ4v) is 4.57. The van der Waals surface area contributed by atoms with Crippen molar-refractivity contribution in [1.29, 1.82) is 0 Å². The molecule has 1 aliphatic rings. The van der Waals surface area contributed by atoms with Gasteiger partial charge in [0, 0.05) is 27.1 Å². The minimum atomic E-state index is -0.940. The number of hydrogen-bond donors (Lipinski definition) is 2. The van der Waals surface area contributed by atoms with Crippen LogP contribution in [0.5, 0.6) is 0 Å². The number of thioether (sulfide) groups is 1. The van der Waals surface area contributed by atoms with Crippen LogP contribution in [0.1, 0.15) is 29.4 Å². The summed E-state index contributed by atoms with van der Waals surface area (Å²) in [6.45, 7) is 3.38. The first-order chi connectivity index (χ1) is 13.9. The van der Waals surface area contributed by atoms with Crippen LogP contribution in [-0.4, -0.2) is 34.0 Å². The van der Waals surface area contributed by atoms with Gasteiger partial charge < -0.3 is 15.0 Å². The number of aromatic nitrogens is 1. The van der Waals surface area contributed by atoms with Crippen LogP contribution < -0.4 is 5.32 Å². The number of aryl methyl sites for hydroxylation is 1. The molecule has 0 saturated heterocycles. The number of benzene rings is 2.